The van der Waals surface area contributed by atoms with Crippen LogP contribution in [0.1, 0.15) is 39.5 Å². The molecule has 0 aromatic heterocycles. The molecule has 5 heteroatoms. The molecule has 2 rings (SSSR count). The zero-order valence-corrected chi connectivity index (χ0v) is 14.1. The van der Waals surface area contributed by atoms with Gasteiger partial charge in [-0.05, 0) is 56.4 Å². The lowest BCUT2D eigenvalue weighted by Gasteiger charge is -2.23. The van der Waals surface area contributed by atoms with Gasteiger partial charge in [0, 0.05) is 18.9 Å². The summed E-state index contributed by atoms with van der Waals surface area (Å²) in [6, 6.07) is 7.45. The van der Waals surface area contributed by atoms with E-state index in [4.69, 9.17) is 15.2 Å². The smallest absolute Gasteiger partial charge is 0.244 e. The van der Waals surface area contributed by atoms with Crippen molar-refractivity contribution in [2.45, 2.75) is 45.1 Å². The first kappa shape index (κ1) is 17.8. The summed E-state index contributed by atoms with van der Waals surface area (Å²) in [6.45, 7) is 6.15. The molecule has 1 unspecified atom stereocenters. The van der Waals surface area contributed by atoms with E-state index in [9.17, 15) is 4.79 Å². The lowest BCUT2D eigenvalue weighted by Crippen LogP contribution is -2.48. The van der Waals surface area contributed by atoms with Gasteiger partial charge in [-0.2, -0.15) is 0 Å². The fourth-order valence-electron chi connectivity index (χ4n) is 2.67. The van der Waals surface area contributed by atoms with E-state index in [2.05, 4.69) is 5.32 Å². The molecule has 0 saturated carbocycles. The third kappa shape index (κ3) is 5.52. The van der Waals surface area contributed by atoms with Crippen LogP contribution in [0.2, 0.25) is 0 Å². The van der Waals surface area contributed by atoms with Crippen molar-refractivity contribution in [1.82, 2.24) is 0 Å². The minimum atomic E-state index is -0.840. The van der Waals surface area contributed by atoms with Gasteiger partial charge in [-0.3, -0.25) is 4.79 Å². The maximum atomic E-state index is 12.2. The number of nitrogens with two attached hydrogens (primary N) is 1. The number of nitrogens with one attached hydrogen (secondary N) is 1. The van der Waals surface area contributed by atoms with Crippen LogP contribution in [0.4, 0.5) is 5.69 Å². The first-order valence-corrected chi connectivity index (χ1v) is 8.42. The van der Waals surface area contributed by atoms with Crippen LogP contribution in [0.3, 0.4) is 0 Å². The Hall–Kier alpha value is -1.59. The topological polar surface area (TPSA) is 73.6 Å². The van der Waals surface area contributed by atoms with Crippen molar-refractivity contribution in [1.29, 1.82) is 0 Å². The van der Waals surface area contributed by atoms with Gasteiger partial charge in [0.25, 0.3) is 0 Å². The van der Waals surface area contributed by atoms with E-state index in [0.717, 1.165) is 43.9 Å². The maximum absolute atomic E-state index is 12.2. The first-order chi connectivity index (χ1) is 11.0. The average molecular weight is 320 g/mol. The van der Waals surface area contributed by atoms with E-state index in [1.165, 1.54) is 0 Å². The highest BCUT2D eigenvalue weighted by Gasteiger charge is 2.27. The number of hydrogen-bond donors (Lipinski definition) is 2. The van der Waals surface area contributed by atoms with Crippen molar-refractivity contribution in [3.8, 4) is 5.75 Å². The zero-order valence-electron chi connectivity index (χ0n) is 14.1. The summed E-state index contributed by atoms with van der Waals surface area (Å²) in [7, 11) is 0. The number of ether oxygens (including phenoxy) is 2. The Bertz CT molecular complexity index is 493. The van der Waals surface area contributed by atoms with Crippen molar-refractivity contribution in [3.05, 3.63) is 24.3 Å². The Morgan fingerprint density at radius 2 is 2.00 bits per heavy atom. The number of amides is 1. The molecule has 3 N–H and O–H groups in total. The number of carbonyl (C=O) groups excluding carboxylic acids is 1. The molecule has 5 nitrogen and oxygen atoms in total. The van der Waals surface area contributed by atoms with Gasteiger partial charge in [0.2, 0.25) is 5.91 Å². The van der Waals surface area contributed by atoms with Crippen molar-refractivity contribution in [3.63, 3.8) is 0 Å². The molecule has 1 atom stereocenters. The normalized spacial score (nSPS) is 18.2. The molecule has 1 aromatic carbocycles. The monoisotopic (exact) mass is 320 g/mol. The van der Waals surface area contributed by atoms with Crippen molar-refractivity contribution >= 4 is 11.6 Å². The van der Waals surface area contributed by atoms with Gasteiger partial charge in [0.05, 0.1) is 12.1 Å². The minimum Gasteiger partial charge on any atom is -0.493 e. The lowest BCUT2D eigenvalue weighted by molar-refractivity contribution is -0.120. The largest absolute Gasteiger partial charge is 0.493 e. The highest BCUT2D eigenvalue weighted by Crippen LogP contribution is 2.20. The minimum absolute atomic E-state index is 0.157. The molecule has 128 valence electrons. The predicted octanol–water partition coefficient (Wildman–Crippen LogP) is 2.95. The average Bonchev–Trinajstić information content (AvgIpc) is 2.55. The van der Waals surface area contributed by atoms with Gasteiger partial charge in [-0.15, -0.1) is 0 Å². The fourth-order valence-corrected chi connectivity index (χ4v) is 2.67. The van der Waals surface area contributed by atoms with E-state index in [-0.39, 0.29) is 5.91 Å². The molecule has 1 amide bonds. The van der Waals surface area contributed by atoms with Gasteiger partial charge < -0.3 is 20.5 Å². The molecule has 1 aliphatic rings. The maximum Gasteiger partial charge on any atom is 0.244 e. The highest BCUT2D eigenvalue weighted by atomic mass is 16.5. The summed E-state index contributed by atoms with van der Waals surface area (Å²) in [5.41, 5.74) is 5.93. The summed E-state index contributed by atoms with van der Waals surface area (Å²) in [4.78, 5) is 12.2. The second kappa shape index (κ2) is 8.31. The molecule has 0 bridgehead atoms. The molecular weight excluding hydrogens is 292 g/mol. The molecule has 1 aliphatic heterocycles. The SMILES string of the molecule is CCCC(C)(N)C(=O)Nc1ccc(OCC2CCOCC2)cc1. The van der Waals surface area contributed by atoms with Crippen molar-refractivity contribution in [2.75, 3.05) is 25.1 Å². The third-order valence-electron chi connectivity index (χ3n) is 4.23. The molecule has 1 heterocycles. The molecule has 23 heavy (non-hydrogen) atoms. The van der Waals surface area contributed by atoms with Crippen LogP contribution in [-0.2, 0) is 9.53 Å². The standard InChI is InChI=1S/C18H28N2O3/c1-3-10-18(2,19)17(21)20-15-4-6-16(7-5-15)23-13-14-8-11-22-12-9-14/h4-7,14H,3,8-13,19H2,1-2H3,(H,20,21). The van der Waals surface area contributed by atoms with E-state index in [1.54, 1.807) is 6.92 Å². The molecule has 0 spiro atoms. The summed E-state index contributed by atoms with van der Waals surface area (Å²) < 4.78 is 11.2. The second-order valence-electron chi connectivity index (χ2n) is 6.51. The zero-order chi connectivity index (χ0) is 16.7. The van der Waals surface area contributed by atoms with Crippen LogP contribution in [0, 0.1) is 5.92 Å². The van der Waals surface area contributed by atoms with Crippen LogP contribution < -0.4 is 15.8 Å². The van der Waals surface area contributed by atoms with Gasteiger partial charge in [-0.1, -0.05) is 13.3 Å². The molecule has 0 radical (unpaired) electrons. The van der Waals surface area contributed by atoms with Gasteiger partial charge in [0.15, 0.2) is 0 Å². The van der Waals surface area contributed by atoms with E-state index in [0.29, 0.717) is 18.9 Å². The number of hydrogen-bond acceptors (Lipinski definition) is 4. The predicted molar refractivity (Wildman–Crippen MR) is 91.6 cm³/mol. The number of benzene rings is 1. The summed E-state index contributed by atoms with van der Waals surface area (Å²) in [6.07, 6.45) is 3.64. The van der Waals surface area contributed by atoms with E-state index < -0.39 is 5.54 Å². The number of anilines is 1. The van der Waals surface area contributed by atoms with E-state index >= 15 is 0 Å². The third-order valence-corrected chi connectivity index (χ3v) is 4.23. The lowest BCUT2D eigenvalue weighted by atomic mass is 9.96. The molecule has 1 saturated heterocycles. The Morgan fingerprint density at radius 1 is 1.35 bits per heavy atom. The van der Waals surface area contributed by atoms with E-state index in [1.807, 2.05) is 31.2 Å². The summed E-state index contributed by atoms with van der Waals surface area (Å²) >= 11 is 0. The van der Waals surface area contributed by atoms with Crippen LogP contribution >= 0.6 is 0 Å². The fraction of sp³-hybridized carbons (Fsp3) is 0.611. The number of carbonyl (C=O) groups is 1. The summed E-state index contributed by atoms with van der Waals surface area (Å²) in [5.74, 6) is 1.23. The molecular formula is C18H28N2O3. The van der Waals surface area contributed by atoms with Crippen molar-refractivity contribution < 1.29 is 14.3 Å². The Labute approximate surface area is 138 Å². The molecule has 1 aromatic rings. The molecule has 0 aliphatic carbocycles. The quantitative estimate of drug-likeness (QED) is 0.810. The summed E-state index contributed by atoms with van der Waals surface area (Å²) in [5, 5.41) is 2.86. The first-order valence-electron chi connectivity index (χ1n) is 8.42. The van der Waals surface area contributed by atoms with Crippen LogP contribution in [0.25, 0.3) is 0 Å². The Kier molecular flexibility index (Phi) is 6.42. The second-order valence-corrected chi connectivity index (χ2v) is 6.51. The van der Waals surface area contributed by atoms with Gasteiger partial charge in [0.1, 0.15) is 5.75 Å². The Balaban J connectivity index is 1.83. The van der Waals surface area contributed by atoms with Gasteiger partial charge >= 0.3 is 0 Å². The van der Waals surface area contributed by atoms with Gasteiger partial charge in [-0.25, -0.2) is 0 Å². The van der Waals surface area contributed by atoms with Crippen LogP contribution in [0.15, 0.2) is 24.3 Å². The van der Waals surface area contributed by atoms with Crippen LogP contribution in [-0.4, -0.2) is 31.3 Å². The molecule has 1 fully saturated rings. The Morgan fingerprint density at radius 3 is 2.61 bits per heavy atom. The highest BCUT2D eigenvalue weighted by molar-refractivity contribution is 5.97. The number of rotatable bonds is 7. The van der Waals surface area contributed by atoms with Crippen molar-refractivity contribution in [2.24, 2.45) is 11.7 Å². The van der Waals surface area contributed by atoms with Crippen LogP contribution in [0.5, 0.6) is 5.75 Å².